The Morgan fingerprint density at radius 2 is 1.79 bits per heavy atom. The Balaban J connectivity index is 1.55. The Kier molecular flexibility index (Phi) is 5.75. The van der Waals surface area contributed by atoms with Gasteiger partial charge >= 0.3 is 0 Å². The Hall–Kier alpha value is -2.69. The fourth-order valence-corrected chi connectivity index (χ4v) is 5.98. The van der Waals surface area contributed by atoms with Gasteiger partial charge in [-0.1, -0.05) is 27.7 Å². The molecule has 1 aliphatic carbocycles. The van der Waals surface area contributed by atoms with Crippen LogP contribution in [0.5, 0.6) is 0 Å². The van der Waals surface area contributed by atoms with Gasteiger partial charge in [0.05, 0.1) is 17.4 Å². The van der Waals surface area contributed by atoms with E-state index in [0.29, 0.717) is 11.8 Å². The van der Waals surface area contributed by atoms with E-state index in [1.165, 1.54) is 71.1 Å². The molecule has 1 aliphatic rings. The number of aryl methyl sites for hydroxylation is 1. The highest BCUT2D eigenvalue weighted by Gasteiger charge is 2.26. The normalized spacial score (nSPS) is 19.4. The molecule has 4 aromatic rings. The third kappa shape index (κ3) is 3.96. The third-order valence-electron chi connectivity index (χ3n) is 7.79. The van der Waals surface area contributed by atoms with E-state index in [1.54, 1.807) is 6.33 Å². The molecule has 0 radical (unpaired) electrons. The zero-order valence-electron chi connectivity index (χ0n) is 20.9. The van der Waals surface area contributed by atoms with Crippen LogP contribution in [0.4, 0.5) is 0 Å². The first-order chi connectivity index (χ1) is 15.8. The lowest BCUT2D eigenvalue weighted by Gasteiger charge is -2.29. The molecule has 5 rings (SSSR count). The summed E-state index contributed by atoms with van der Waals surface area (Å²) in [4.78, 5) is 13.1. The van der Waals surface area contributed by atoms with Crippen molar-refractivity contribution >= 4 is 16.6 Å². The lowest BCUT2D eigenvalue weighted by Crippen LogP contribution is -2.15. The van der Waals surface area contributed by atoms with Crippen molar-refractivity contribution in [3.05, 3.63) is 47.2 Å². The molecular formula is C28H37N5. The first-order valence-electron chi connectivity index (χ1n) is 12.6. The summed E-state index contributed by atoms with van der Waals surface area (Å²) in [5.74, 6) is 2.69. The highest BCUT2D eigenvalue weighted by atomic mass is 15.3. The molecule has 0 aliphatic heterocycles. The Morgan fingerprint density at radius 3 is 2.48 bits per heavy atom. The predicted molar refractivity (Wildman–Crippen MR) is 136 cm³/mol. The summed E-state index contributed by atoms with van der Waals surface area (Å²) in [5, 5.41) is 5.74. The van der Waals surface area contributed by atoms with E-state index in [0.717, 1.165) is 23.0 Å². The minimum atomic E-state index is 0.400. The number of rotatable bonds is 5. The van der Waals surface area contributed by atoms with E-state index < -0.39 is 0 Å². The quantitative estimate of drug-likeness (QED) is 0.351. The van der Waals surface area contributed by atoms with E-state index in [1.807, 2.05) is 4.52 Å². The molecule has 0 atom stereocenters. The van der Waals surface area contributed by atoms with Crippen molar-refractivity contribution in [3.8, 4) is 11.3 Å². The molecule has 0 amide bonds. The Labute approximate surface area is 197 Å². The number of pyridine rings is 2. The van der Waals surface area contributed by atoms with Gasteiger partial charge in [-0.05, 0) is 86.5 Å². The number of aromatic amines is 1. The van der Waals surface area contributed by atoms with Crippen molar-refractivity contribution in [2.45, 2.75) is 85.5 Å². The first kappa shape index (κ1) is 22.1. The fraction of sp³-hybridized carbons (Fsp3) is 0.536. The lowest BCUT2D eigenvalue weighted by atomic mass is 9.77. The maximum Gasteiger partial charge on any atom is 0.158 e. The summed E-state index contributed by atoms with van der Waals surface area (Å²) in [6.07, 6.45) is 12.4. The van der Waals surface area contributed by atoms with Gasteiger partial charge in [0.1, 0.15) is 6.33 Å². The van der Waals surface area contributed by atoms with Gasteiger partial charge in [0.25, 0.3) is 0 Å². The molecule has 174 valence electrons. The molecule has 5 nitrogen and oxygen atoms in total. The molecule has 33 heavy (non-hydrogen) atoms. The van der Waals surface area contributed by atoms with Crippen molar-refractivity contribution < 1.29 is 0 Å². The van der Waals surface area contributed by atoms with Gasteiger partial charge in [-0.3, -0.25) is 4.98 Å². The monoisotopic (exact) mass is 443 g/mol. The SMILES string of the molecule is Cc1c(-c2[nH]c3cnc(C4CCC(CC(C)C)CC4)cc3c2C(C)C)cn2ncnc2c1C. The van der Waals surface area contributed by atoms with Crippen LogP contribution in [-0.4, -0.2) is 24.6 Å². The van der Waals surface area contributed by atoms with Gasteiger partial charge in [-0.2, -0.15) is 5.10 Å². The molecule has 0 saturated heterocycles. The second kappa shape index (κ2) is 8.58. The number of fused-ring (bicyclic) bond motifs is 2. The third-order valence-corrected chi connectivity index (χ3v) is 7.79. The Morgan fingerprint density at radius 1 is 1.03 bits per heavy atom. The lowest BCUT2D eigenvalue weighted by molar-refractivity contribution is 0.281. The molecule has 0 spiro atoms. The summed E-state index contributed by atoms with van der Waals surface area (Å²) in [7, 11) is 0. The van der Waals surface area contributed by atoms with Gasteiger partial charge in [-0.15, -0.1) is 0 Å². The van der Waals surface area contributed by atoms with Crippen LogP contribution in [0.15, 0.2) is 24.8 Å². The Bertz CT molecular complexity index is 1280. The van der Waals surface area contributed by atoms with E-state index in [9.17, 15) is 0 Å². The molecule has 4 heterocycles. The summed E-state index contributed by atoms with van der Waals surface area (Å²) < 4.78 is 1.90. The standard InChI is InChI=1S/C28H37N5/c1-16(2)11-20-7-9-21(10-8-20)24-12-22-25(13-29-24)32-27(26(22)17(3)4)23-14-33-28(30-15-31-33)19(6)18(23)5/h12-17,20-21,32H,7-11H2,1-6H3. The smallest absolute Gasteiger partial charge is 0.158 e. The molecule has 5 heteroatoms. The molecule has 1 saturated carbocycles. The minimum Gasteiger partial charge on any atom is -0.353 e. The van der Waals surface area contributed by atoms with Crippen molar-refractivity contribution in [2.75, 3.05) is 0 Å². The second-order valence-electron chi connectivity index (χ2n) is 10.9. The van der Waals surface area contributed by atoms with Gasteiger partial charge in [0.15, 0.2) is 5.65 Å². The van der Waals surface area contributed by atoms with Crippen molar-refractivity contribution in [1.82, 2.24) is 24.6 Å². The maximum atomic E-state index is 4.95. The van der Waals surface area contributed by atoms with Crippen LogP contribution in [-0.2, 0) is 0 Å². The number of aromatic nitrogens is 5. The van der Waals surface area contributed by atoms with Crippen molar-refractivity contribution in [3.63, 3.8) is 0 Å². The fourth-order valence-electron chi connectivity index (χ4n) is 5.98. The number of H-pyrrole nitrogens is 1. The molecule has 0 aromatic carbocycles. The number of nitrogens with zero attached hydrogens (tertiary/aromatic N) is 4. The molecular weight excluding hydrogens is 406 g/mol. The van der Waals surface area contributed by atoms with Crippen LogP contribution in [0.3, 0.4) is 0 Å². The highest BCUT2D eigenvalue weighted by Crippen LogP contribution is 2.41. The number of hydrogen-bond donors (Lipinski definition) is 1. The van der Waals surface area contributed by atoms with Crippen LogP contribution in [0, 0.1) is 25.7 Å². The zero-order chi connectivity index (χ0) is 23.3. The average Bonchev–Trinajstić information content (AvgIpc) is 3.40. The van der Waals surface area contributed by atoms with E-state index in [-0.39, 0.29) is 0 Å². The van der Waals surface area contributed by atoms with Gasteiger partial charge in [0.2, 0.25) is 0 Å². The molecule has 0 bridgehead atoms. The van der Waals surface area contributed by atoms with E-state index >= 15 is 0 Å². The highest BCUT2D eigenvalue weighted by molar-refractivity contribution is 5.92. The molecule has 4 aromatic heterocycles. The summed E-state index contributed by atoms with van der Waals surface area (Å²) in [6, 6.07) is 2.38. The van der Waals surface area contributed by atoms with Crippen LogP contribution in [0.1, 0.15) is 94.0 Å². The summed E-state index contributed by atoms with van der Waals surface area (Å²) in [6.45, 7) is 13.6. The average molecular weight is 444 g/mol. The first-order valence-corrected chi connectivity index (χ1v) is 12.6. The van der Waals surface area contributed by atoms with E-state index in [2.05, 4.69) is 75.1 Å². The van der Waals surface area contributed by atoms with Crippen LogP contribution >= 0.6 is 0 Å². The largest absolute Gasteiger partial charge is 0.353 e. The van der Waals surface area contributed by atoms with E-state index in [4.69, 9.17) is 4.98 Å². The zero-order valence-corrected chi connectivity index (χ0v) is 20.9. The molecule has 0 unspecified atom stereocenters. The van der Waals surface area contributed by atoms with Gasteiger partial charge in [0, 0.05) is 28.8 Å². The number of hydrogen-bond acceptors (Lipinski definition) is 3. The molecule has 1 N–H and O–H groups in total. The summed E-state index contributed by atoms with van der Waals surface area (Å²) in [5.41, 5.74) is 9.52. The minimum absolute atomic E-state index is 0.400. The number of nitrogens with one attached hydrogen (secondary N) is 1. The maximum absolute atomic E-state index is 4.95. The van der Waals surface area contributed by atoms with Crippen LogP contribution in [0.25, 0.3) is 27.8 Å². The van der Waals surface area contributed by atoms with Crippen molar-refractivity contribution in [1.29, 1.82) is 0 Å². The predicted octanol–water partition coefficient (Wildman–Crippen LogP) is 7.33. The van der Waals surface area contributed by atoms with Crippen molar-refractivity contribution in [2.24, 2.45) is 11.8 Å². The van der Waals surface area contributed by atoms with Crippen LogP contribution < -0.4 is 0 Å². The van der Waals surface area contributed by atoms with Gasteiger partial charge in [-0.25, -0.2) is 9.50 Å². The summed E-state index contributed by atoms with van der Waals surface area (Å²) >= 11 is 0. The van der Waals surface area contributed by atoms with Gasteiger partial charge < -0.3 is 4.98 Å². The molecule has 1 fully saturated rings. The van der Waals surface area contributed by atoms with Crippen LogP contribution in [0.2, 0.25) is 0 Å². The second-order valence-corrected chi connectivity index (χ2v) is 10.9. The topological polar surface area (TPSA) is 58.9 Å².